The minimum Gasteiger partial charge on any atom is -0.347 e. The van der Waals surface area contributed by atoms with Crippen LogP contribution in [0.1, 0.15) is 5.56 Å². The summed E-state index contributed by atoms with van der Waals surface area (Å²) in [6.07, 6.45) is 0. The van der Waals surface area contributed by atoms with E-state index in [1.54, 1.807) is 4.90 Å². The van der Waals surface area contributed by atoms with Gasteiger partial charge in [0.15, 0.2) is 0 Å². The third kappa shape index (κ3) is 3.66. The highest BCUT2D eigenvalue weighted by Crippen LogP contribution is 2.22. The number of nitrogens with zero attached hydrogens (tertiary/aromatic N) is 4. The highest BCUT2D eigenvalue weighted by atomic mass is 127. The topological polar surface area (TPSA) is 53.9 Å². The Morgan fingerprint density at radius 1 is 1.21 bits per heavy atom. The van der Waals surface area contributed by atoms with Gasteiger partial charge in [0.05, 0.1) is 0 Å². The molecule has 1 N–H and O–H groups in total. The molecule has 1 aromatic heterocycles. The van der Waals surface area contributed by atoms with Gasteiger partial charge in [0.1, 0.15) is 0 Å². The highest BCUT2D eigenvalue weighted by molar-refractivity contribution is 14.1. The summed E-state index contributed by atoms with van der Waals surface area (Å²) in [5.41, 5.74) is 2.07. The predicted octanol–water partition coefficient (Wildman–Crippen LogP) is 3.25. The molecule has 0 amide bonds. The lowest BCUT2D eigenvalue weighted by Gasteiger charge is -2.13. The number of halogens is 2. The quantitative estimate of drug-likeness (QED) is 0.817. The summed E-state index contributed by atoms with van der Waals surface area (Å²) >= 11 is 8.16. The van der Waals surface area contributed by atoms with Crippen molar-refractivity contribution in [3.8, 4) is 0 Å². The van der Waals surface area contributed by atoms with Crippen LogP contribution >= 0.6 is 34.2 Å². The number of anilines is 3. The molecule has 1 heterocycles. The number of hydrogen-bond acceptors (Lipinski definition) is 5. The second kappa shape index (κ2) is 5.87. The van der Waals surface area contributed by atoms with E-state index in [0.29, 0.717) is 11.9 Å². The van der Waals surface area contributed by atoms with Crippen LogP contribution in [0.15, 0.2) is 18.2 Å². The van der Waals surface area contributed by atoms with Crippen LogP contribution in [-0.2, 0) is 0 Å². The number of aryl methyl sites for hydroxylation is 1. The number of nitrogens with one attached hydrogen (secondary N) is 1. The van der Waals surface area contributed by atoms with E-state index in [1.807, 2.05) is 39.2 Å². The van der Waals surface area contributed by atoms with Crippen molar-refractivity contribution in [3.63, 3.8) is 0 Å². The van der Waals surface area contributed by atoms with Gasteiger partial charge in [0.2, 0.25) is 17.2 Å². The molecule has 0 bridgehead atoms. The molecule has 0 saturated carbocycles. The number of benzene rings is 1. The van der Waals surface area contributed by atoms with Gasteiger partial charge in [-0.25, -0.2) is 0 Å². The molecule has 7 heteroatoms. The fourth-order valence-corrected chi connectivity index (χ4v) is 2.09. The average molecular weight is 390 g/mol. The summed E-state index contributed by atoms with van der Waals surface area (Å²) in [6, 6.07) is 6.12. The van der Waals surface area contributed by atoms with Gasteiger partial charge in [-0.2, -0.15) is 15.0 Å². The van der Waals surface area contributed by atoms with Gasteiger partial charge in [0.25, 0.3) is 0 Å². The first-order valence-electron chi connectivity index (χ1n) is 5.58. The van der Waals surface area contributed by atoms with Gasteiger partial charge in [-0.1, -0.05) is 6.07 Å². The molecule has 0 aliphatic carbocycles. The van der Waals surface area contributed by atoms with E-state index >= 15 is 0 Å². The summed E-state index contributed by atoms with van der Waals surface area (Å²) in [6.45, 7) is 2.02. The van der Waals surface area contributed by atoms with Gasteiger partial charge < -0.3 is 10.2 Å². The van der Waals surface area contributed by atoms with Crippen molar-refractivity contribution >= 4 is 51.8 Å². The van der Waals surface area contributed by atoms with Crippen LogP contribution in [0, 0.1) is 10.5 Å². The number of rotatable bonds is 3. The first-order chi connectivity index (χ1) is 8.95. The third-order valence-electron chi connectivity index (χ3n) is 2.44. The molecule has 19 heavy (non-hydrogen) atoms. The number of hydrogen-bond donors (Lipinski definition) is 1. The van der Waals surface area contributed by atoms with Crippen LogP contribution < -0.4 is 10.2 Å². The van der Waals surface area contributed by atoms with Crippen LogP contribution in [0.3, 0.4) is 0 Å². The molecule has 0 aliphatic rings. The zero-order valence-corrected chi connectivity index (χ0v) is 13.7. The maximum Gasteiger partial charge on any atom is 0.233 e. The average Bonchev–Trinajstić information content (AvgIpc) is 2.33. The molecule has 5 nitrogen and oxygen atoms in total. The molecular weight excluding hydrogens is 377 g/mol. The van der Waals surface area contributed by atoms with E-state index in [1.165, 1.54) is 0 Å². The molecule has 0 spiro atoms. The van der Waals surface area contributed by atoms with E-state index in [2.05, 4.69) is 42.9 Å². The van der Waals surface area contributed by atoms with Gasteiger partial charge in [-0.15, -0.1) is 0 Å². The Morgan fingerprint density at radius 2 is 1.95 bits per heavy atom. The zero-order chi connectivity index (χ0) is 14.0. The molecule has 0 atom stereocenters. The normalized spacial score (nSPS) is 10.4. The summed E-state index contributed by atoms with van der Waals surface area (Å²) in [7, 11) is 3.71. The molecule has 0 aliphatic heterocycles. The first kappa shape index (κ1) is 14.3. The Labute approximate surface area is 130 Å². The fraction of sp³-hybridized carbons (Fsp3) is 0.250. The maximum absolute atomic E-state index is 5.90. The maximum atomic E-state index is 5.90. The van der Waals surface area contributed by atoms with Crippen molar-refractivity contribution in [1.82, 2.24) is 15.0 Å². The van der Waals surface area contributed by atoms with Crippen molar-refractivity contribution in [3.05, 3.63) is 32.6 Å². The Balaban J connectivity index is 2.35. The molecule has 0 fully saturated rings. The van der Waals surface area contributed by atoms with Crippen molar-refractivity contribution in [2.45, 2.75) is 6.92 Å². The van der Waals surface area contributed by atoms with Gasteiger partial charge in [0, 0.05) is 23.4 Å². The van der Waals surface area contributed by atoms with Crippen LogP contribution in [0.4, 0.5) is 17.6 Å². The molecule has 100 valence electrons. The van der Waals surface area contributed by atoms with E-state index < -0.39 is 0 Å². The first-order valence-corrected chi connectivity index (χ1v) is 7.03. The molecule has 0 unspecified atom stereocenters. The third-order valence-corrected chi connectivity index (χ3v) is 3.28. The Hall–Kier alpha value is -1.15. The van der Waals surface area contributed by atoms with E-state index in [0.717, 1.165) is 14.8 Å². The second-order valence-corrected chi connectivity index (χ2v) is 5.79. The van der Waals surface area contributed by atoms with Crippen molar-refractivity contribution in [2.24, 2.45) is 0 Å². The van der Waals surface area contributed by atoms with Gasteiger partial charge in [-0.05, 0) is 58.8 Å². The molecular formula is C12H13ClIN5. The highest BCUT2D eigenvalue weighted by Gasteiger charge is 2.08. The van der Waals surface area contributed by atoms with E-state index in [9.17, 15) is 0 Å². The lowest BCUT2D eigenvalue weighted by molar-refractivity contribution is 0.961. The molecule has 0 radical (unpaired) electrons. The standard InChI is InChI=1S/C12H13ClIN5/c1-7-4-5-8(14)6-9(7)15-11-16-10(13)17-12(18-11)19(2)3/h4-6H,1-3H3,(H,15,16,17,18). The Bertz CT molecular complexity index is 603. The lowest BCUT2D eigenvalue weighted by atomic mass is 10.2. The SMILES string of the molecule is Cc1ccc(I)cc1Nc1nc(Cl)nc(N(C)C)n1. The summed E-state index contributed by atoms with van der Waals surface area (Å²) < 4.78 is 1.14. The summed E-state index contributed by atoms with van der Waals surface area (Å²) in [5, 5.41) is 3.34. The van der Waals surface area contributed by atoms with Gasteiger partial charge >= 0.3 is 0 Å². The predicted molar refractivity (Wildman–Crippen MR) is 86.3 cm³/mol. The molecule has 2 rings (SSSR count). The minimum absolute atomic E-state index is 0.171. The van der Waals surface area contributed by atoms with Crippen LogP contribution in [0.2, 0.25) is 5.28 Å². The fourth-order valence-electron chi connectivity index (χ4n) is 1.44. The van der Waals surface area contributed by atoms with Crippen LogP contribution in [0.25, 0.3) is 0 Å². The van der Waals surface area contributed by atoms with Crippen LogP contribution in [0.5, 0.6) is 0 Å². The van der Waals surface area contributed by atoms with Crippen molar-refractivity contribution in [1.29, 1.82) is 0 Å². The van der Waals surface area contributed by atoms with Crippen LogP contribution in [-0.4, -0.2) is 29.0 Å². The smallest absolute Gasteiger partial charge is 0.233 e. The van der Waals surface area contributed by atoms with Crippen molar-refractivity contribution < 1.29 is 0 Å². The Kier molecular flexibility index (Phi) is 4.41. The molecule has 0 saturated heterocycles. The van der Waals surface area contributed by atoms with E-state index in [-0.39, 0.29) is 5.28 Å². The zero-order valence-electron chi connectivity index (χ0n) is 10.8. The molecule has 1 aromatic carbocycles. The summed E-state index contributed by atoms with van der Waals surface area (Å²) in [5.74, 6) is 0.958. The monoisotopic (exact) mass is 389 g/mol. The Morgan fingerprint density at radius 3 is 2.63 bits per heavy atom. The lowest BCUT2D eigenvalue weighted by Crippen LogP contribution is -2.14. The summed E-state index contributed by atoms with van der Waals surface area (Å²) in [4.78, 5) is 14.2. The second-order valence-electron chi connectivity index (χ2n) is 4.21. The molecule has 2 aromatic rings. The largest absolute Gasteiger partial charge is 0.347 e. The van der Waals surface area contributed by atoms with Crippen molar-refractivity contribution in [2.75, 3.05) is 24.3 Å². The number of aromatic nitrogens is 3. The minimum atomic E-state index is 0.171. The van der Waals surface area contributed by atoms with E-state index in [4.69, 9.17) is 11.6 Å². The van der Waals surface area contributed by atoms with Gasteiger partial charge in [-0.3, -0.25) is 0 Å².